The lowest BCUT2D eigenvalue weighted by Crippen LogP contribution is -2.12. The van der Waals surface area contributed by atoms with Crippen LogP contribution in [0.15, 0.2) is 39.5 Å². The summed E-state index contributed by atoms with van der Waals surface area (Å²) in [6.07, 6.45) is 0. The first kappa shape index (κ1) is 13.7. The number of hydrogen-bond acceptors (Lipinski definition) is 7. The molecule has 2 aromatic rings. The van der Waals surface area contributed by atoms with E-state index in [0.717, 1.165) is 22.8 Å². The number of nitrogens with zero attached hydrogens (tertiary/aromatic N) is 3. The molecule has 1 aromatic carbocycles. The van der Waals surface area contributed by atoms with Gasteiger partial charge in [-0.3, -0.25) is 4.99 Å². The molecule has 20 heavy (non-hydrogen) atoms. The Morgan fingerprint density at radius 3 is 2.70 bits per heavy atom. The molecule has 104 valence electrons. The third-order valence-electron chi connectivity index (χ3n) is 2.75. The van der Waals surface area contributed by atoms with Crippen molar-refractivity contribution in [2.24, 2.45) is 4.99 Å². The second-order valence-corrected chi connectivity index (χ2v) is 8.27. The van der Waals surface area contributed by atoms with Gasteiger partial charge in [-0.25, -0.2) is 8.42 Å². The molecule has 5 nitrogen and oxygen atoms in total. The monoisotopic (exact) mass is 325 g/mol. The van der Waals surface area contributed by atoms with Gasteiger partial charge >= 0.3 is 0 Å². The molecule has 1 aliphatic heterocycles. The Labute approximate surface area is 125 Å². The van der Waals surface area contributed by atoms with E-state index in [1.807, 2.05) is 30.3 Å². The fourth-order valence-electron chi connectivity index (χ4n) is 1.85. The van der Waals surface area contributed by atoms with Crippen molar-refractivity contribution in [2.75, 3.05) is 18.1 Å². The predicted molar refractivity (Wildman–Crippen MR) is 82.2 cm³/mol. The highest BCUT2D eigenvalue weighted by Gasteiger charge is 2.26. The van der Waals surface area contributed by atoms with Crippen molar-refractivity contribution < 1.29 is 8.42 Å². The van der Waals surface area contributed by atoms with Gasteiger partial charge in [0.1, 0.15) is 11.4 Å². The third-order valence-corrected chi connectivity index (χ3v) is 6.84. The zero-order valence-corrected chi connectivity index (χ0v) is 12.8. The summed E-state index contributed by atoms with van der Waals surface area (Å²) in [4.78, 5) is 4.20. The van der Waals surface area contributed by atoms with Crippen molar-refractivity contribution in [3.05, 3.63) is 30.3 Å². The molecule has 0 unspecified atom stereocenters. The summed E-state index contributed by atoms with van der Waals surface area (Å²) < 4.78 is 29.0. The minimum Gasteiger partial charge on any atom is -0.281 e. The van der Waals surface area contributed by atoms with Crippen LogP contribution in [0.1, 0.15) is 0 Å². The van der Waals surface area contributed by atoms with Crippen molar-refractivity contribution in [3.63, 3.8) is 0 Å². The zero-order valence-electron chi connectivity index (χ0n) is 10.4. The van der Waals surface area contributed by atoms with Gasteiger partial charge < -0.3 is 0 Å². The van der Waals surface area contributed by atoms with E-state index in [-0.39, 0.29) is 9.96 Å². The lowest BCUT2D eigenvalue weighted by molar-refractivity contribution is 0.602. The first-order chi connectivity index (χ1) is 9.67. The van der Waals surface area contributed by atoms with Crippen molar-refractivity contribution in [1.29, 1.82) is 0 Å². The van der Waals surface area contributed by atoms with E-state index < -0.39 is 9.84 Å². The Morgan fingerprint density at radius 2 is 2.00 bits per heavy atom. The molecule has 1 aliphatic rings. The maximum absolute atomic E-state index is 12.5. The molecule has 0 spiro atoms. The van der Waals surface area contributed by atoms with Crippen LogP contribution in [0.5, 0.6) is 0 Å². The van der Waals surface area contributed by atoms with Crippen molar-refractivity contribution in [1.82, 2.24) is 9.59 Å². The summed E-state index contributed by atoms with van der Waals surface area (Å²) in [6, 6.07) is 9.24. The summed E-state index contributed by atoms with van der Waals surface area (Å²) in [5.74, 6) is 0.804. The van der Waals surface area contributed by atoms with Crippen molar-refractivity contribution in [3.8, 4) is 11.3 Å². The molecule has 0 radical (unpaired) electrons. The summed E-state index contributed by atoms with van der Waals surface area (Å²) >= 11 is 2.42. The van der Waals surface area contributed by atoms with Gasteiger partial charge in [-0.05, 0) is 0 Å². The van der Waals surface area contributed by atoms with Crippen LogP contribution in [0, 0.1) is 0 Å². The van der Waals surface area contributed by atoms with E-state index >= 15 is 0 Å². The number of sulfone groups is 1. The Morgan fingerprint density at radius 1 is 1.20 bits per heavy atom. The first-order valence-corrected chi connectivity index (χ1v) is 9.34. The van der Waals surface area contributed by atoms with Crippen LogP contribution in [0.3, 0.4) is 0 Å². The maximum Gasteiger partial charge on any atom is 0.197 e. The zero-order chi connectivity index (χ0) is 14.0. The number of benzene rings is 1. The van der Waals surface area contributed by atoms with Crippen molar-refractivity contribution >= 4 is 38.2 Å². The highest BCUT2D eigenvalue weighted by Crippen LogP contribution is 2.29. The molecule has 0 fully saturated rings. The lowest BCUT2D eigenvalue weighted by atomic mass is 10.2. The smallest absolute Gasteiger partial charge is 0.197 e. The lowest BCUT2D eigenvalue weighted by Gasteiger charge is -2.03. The molecular weight excluding hydrogens is 314 g/mol. The van der Waals surface area contributed by atoms with Crippen LogP contribution in [-0.2, 0) is 9.84 Å². The summed E-state index contributed by atoms with van der Waals surface area (Å²) in [5, 5.41) is 4.65. The number of rotatable bonds is 4. The van der Waals surface area contributed by atoms with E-state index in [1.54, 1.807) is 0 Å². The van der Waals surface area contributed by atoms with Crippen LogP contribution >= 0.6 is 23.3 Å². The average molecular weight is 325 g/mol. The minimum absolute atomic E-state index is 0.0542. The van der Waals surface area contributed by atoms with E-state index in [4.69, 9.17) is 0 Å². The maximum atomic E-state index is 12.5. The first-order valence-electron chi connectivity index (χ1n) is 5.93. The molecule has 0 aliphatic carbocycles. The topological polar surface area (TPSA) is 72.3 Å². The Bertz CT molecular complexity index is 738. The molecule has 0 N–H and O–H groups in total. The minimum atomic E-state index is -3.44. The molecule has 0 saturated heterocycles. The van der Waals surface area contributed by atoms with Gasteiger partial charge in [0.25, 0.3) is 0 Å². The van der Waals surface area contributed by atoms with E-state index in [1.165, 1.54) is 11.8 Å². The molecule has 0 bridgehead atoms. The van der Waals surface area contributed by atoms with Crippen LogP contribution in [0.25, 0.3) is 11.3 Å². The number of thioether (sulfide) groups is 1. The van der Waals surface area contributed by atoms with E-state index in [2.05, 4.69) is 14.6 Å². The number of hydrogen-bond donors (Lipinski definition) is 0. The molecule has 0 atom stereocenters. The number of aliphatic imine (C=N–C) groups is 1. The normalized spacial score (nSPS) is 15.3. The molecule has 0 amide bonds. The van der Waals surface area contributed by atoms with Gasteiger partial charge in [-0.2, -0.15) is 0 Å². The standard InChI is InChI=1S/C12H11N3O2S3/c16-20(17,8-10-13-6-7-18-10)12-11(14-15-19-12)9-4-2-1-3-5-9/h1-5H,6-8H2. The van der Waals surface area contributed by atoms with E-state index in [9.17, 15) is 8.42 Å². The van der Waals surface area contributed by atoms with Crippen LogP contribution < -0.4 is 0 Å². The highest BCUT2D eigenvalue weighted by molar-refractivity contribution is 8.15. The largest absolute Gasteiger partial charge is 0.281 e. The second-order valence-electron chi connectivity index (χ2n) is 4.16. The van der Waals surface area contributed by atoms with Gasteiger partial charge in [-0.15, -0.1) is 16.9 Å². The Hall–Kier alpha value is -1.25. The third kappa shape index (κ3) is 2.77. The Kier molecular flexibility index (Phi) is 3.86. The van der Waals surface area contributed by atoms with E-state index in [0.29, 0.717) is 17.3 Å². The quantitative estimate of drug-likeness (QED) is 0.861. The predicted octanol–water partition coefficient (Wildman–Crippen LogP) is 2.12. The summed E-state index contributed by atoms with van der Waals surface area (Å²) in [7, 11) is -3.44. The van der Waals surface area contributed by atoms with Crippen LogP contribution in [0.2, 0.25) is 0 Å². The molecule has 3 rings (SSSR count). The molecular formula is C12H11N3O2S3. The van der Waals surface area contributed by atoms with Gasteiger partial charge in [0.2, 0.25) is 0 Å². The molecule has 0 saturated carbocycles. The van der Waals surface area contributed by atoms with Crippen molar-refractivity contribution in [2.45, 2.75) is 4.21 Å². The fraction of sp³-hybridized carbons (Fsp3) is 0.250. The Balaban J connectivity index is 1.97. The molecule has 2 heterocycles. The van der Waals surface area contributed by atoms with Gasteiger partial charge in [0.05, 0.1) is 5.04 Å². The summed E-state index contributed by atoms with van der Waals surface area (Å²) in [6.45, 7) is 0.696. The van der Waals surface area contributed by atoms with Crippen LogP contribution in [-0.4, -0.2) is 41.1 Å². The van der Waals surface area contributed by atoms with Gasteiger partial charge in [-0.1, -0.05) is 34.8 Å². The van der Waals surface area contributed by atoms with Crippen LogP contribution in [0.4, 0.5) is 0 Å². The molecule has 1 aromatic heterocycles. The van der Waals surface area contributed by atoms with Gasteiger partial charge in [0.15, 0.2) is 14.0 Å². The molecule has 8 heteroatoms. The summed E-state index contributed by atoms with van der Waals surface area (Å²) in [5.41, 5.74) is 1.19. The fourth-order valence-corrected chi connectivity index (χ4v) is 5.43. The number of aromatic nitrogens is 2. The average Bonchev–Trinajstić information content (AvgIpc) is 3.09. The highest BCUT2D eigenvalue weighted by atomic mass is 32.2. The second kappa shape index (κ2) is 5.63. The SMILES string of the molecule is O=S(=O)(CC1=NCCS1)c1snnc1-c1ccccc1. The van der Waals surface area contributed by atoms with Gasteiger partial charge in [0, 0.05) is 29.4 Å².